The smallest absolute Gasteiger partial charge is 0.396 e. The van der Waals surface area contributed by atoms with Gasteiger partial charge in [-0.3, -0.25) is 0 Å². The van der Waals surface area contributed by atoms with E-state index in [1.54, 1.807) is 0 Å². The third kappa shape index (κ3) is 1.70. The van der Waals surface area contributed by atoms with Crippen LogP contribution in [0.15, 0.2) is 30.3 Å². The van der Waals surface area contributed by atoms with E-state index >= 15 is 0 Å². The molecule has 0 spiro atoms. The van der Waals surface area contributed by atoms with Crippen LogP contribution in [0.3, 0.4) is 0 Å². The standard InChI is InChI=1S/C15H19BO3/c1-2-7-13(8-3-1)16-18-14-9-4-5-12-17-15(14,19-16)11-6-10-14/h1-3,7-8H,4-6,9-12H2/t14-,15-/m1/s1. The Labute approximate surface area is 114 Å². The van der Waals surface area contributed by atoms with Gasteiger partial charge in [0, 0.05) is 6.42 Å². The van der Waals surface area contributed by atoms with Crippen molar-refractivity contribution in [2.24, 2.45) is 0 Å². The molecule has 2 atom stereocenters. The lowest BCUT2D eigenvalue weighted by Crippen LogP contribution is -2.48. The highest BCUT2D eigenvalue weighted by molar-refractivity contribution is 6.62. The Bertz CT molecular complexity index is 444. The lowest BCUT2D eigenvalue weighted by molar-refractivity contribution is -0.215. The van der Waals surface area contributed by atoms with Crippen LogP contribution in [0.5, 0.6) is 0 Å². The summed E-state index contributed by atoms with van der Waals surface area (Å²) in [6, 6.07) is 10.2. The Balaban J connectivity index is 1.68. The molecule has 0 amide bonds. The summed E-state index contributed by atoms with van der Waals surface area (Å²) in [6.45, 7) is 0.798. The summed E-state index contributed by atoms with van der Waals surface area (Å²) >= 11 is 0. The fourth-order valence-electron chi connectivity index (χ4n) is 3.85. The van der Waals surface area contributed by atoms with Crippen molar-refractivity contribution < 1.29 is 14.0 Å². The van der Waals surface area contributed by atoms with Crippen molar-refractivity contribution in [1.29, 1.82) is 0 Å². The third-order valence-electron chi connectivity index (χ3n) is 4.79. The van der Waals surface area contributed by atoms with E-state index in [4.69, 9.17) is 14.0 Å². The molecular weight excluding hydrogens is 239 g/mol. The molecule has 0 bridgehead atoms. The fourth-order valence-corrected chi connectivity index (χ4v) is 3.85. The van der Waals surface area contributed by atoms with E-state index < -0.39 is 5.79 Å². The van der Waals surface area contributed by atoms with Gasteiger partial charge in [-0.2, -0.15) is 0 Å². The number of hydrogen-bond donors (Lipinski definition) is 0. The summed E-state index contributed by atoms with van der Waals surface area (Å²) in [5.41, 5.74) is 0.893. The molecule has 0 radical (unpaired) electrons. The molecule has 1 aliphatic carbocycles. The van der Waals surface area contributed by atoms with Crippen molar-refractivity contribution >= 4 is 12.6 Å². The maximum absolute atomic E-state index is 6.39. The van der Waals surface area contributed by atoms with Crippen LogP contribution in [0.4, 0.5) is 0 Å². The predicted molar refractivity (Wildman–Crippen MR) is 73.1 cm³/mol. The zero-order valence-electron chi connectivity index (χ0n) is 11.1. The molecule has 2 saturated heterocycles. The largest absolute Gasteiger partial charge is 0.496 e. The van der Waals surface area contributed by atoms with Crippen LogP contribution < -0.4 is 5.46 Å². The molecule has 19 heavy (non-hydrogen) atoms. The topological polar surface area (TPSA) is 27.7 Å². The number of rotatable bonds is 1. The third-order valence-corrected chi connectivity index (χ3v) is 4.79. The van der Waals surface area contributed by atoms with Crippen molar-refractivity contribution in [1.82, 2.24) is 0 Å². The quantitative estimate of drug-likeness (QED) is 0.723. The first-order valence-electron chi connectivity index (χ1n) is 7.38. The van der Waals surface area contributed by atoms with Gasteiger partial charge >= 0.3 is 7.12 Å². The molecule has 2 aliphatic heterocycles. The van der Waals surface area contributed by atoms with Gasteiger partial charge in [0.2, 0.25) is 0 Å². The maximum atomic E-state index is 6.39. The van der Waals surface area contributed by atoms with Gasteiger partial charge in [0.25, 0.3) is 0 Å². The van der Waals surface area contributed by atoms with E-state index in [0.29, 0.717) is 0 Å². The number of ether oxygens (including phenoxy) is 1. The monoisotopic (exact) mass is 258 g/mol. The van der Waals surface area contributed by atoms with Gasteiger partial charge in [-0.15, -0.1) is 0 Å². The van der Waals surface area contributed by atoms with Crippen molar-refractivity contribution in [2.45, 2.75) is 49.9 Å². The van der Waals surface area contributed by atoms with Gasteiger partial charge in [0.05, 0.1) is 6.61 Å². The molecule has 4 rings (SSSR count). The maximum Gasteiger partial charge on any atom is 0.496 e. The van der Waals surface area contributed by atoms with E-state index in [2.05, 4.69) is 12.1 Å². The Hall–Kier alpha value is -0.835. The average molecular weight is 258 g/mol. The fraction of sp³-hybridized carbons (Fsp3) is 0.600. The predicted octanol–water partition coefficient (Wildman–Crippen LogP) is 2.25. The second kappa shape index (κ2) is 4.34. The molecular formula is C15H19BO3. The summed E-state index contributed by atoms with van der Waals surface area (Å²) in [4.78, 5) is 0. The van der Waals surface area contributed by atoms with Gasteiger partial charge < -0.3 is 14.0 Å². The molecule has 1 saturated carbocycles. The van der Waals surface area contributed by atoms with Crippen LogP contribution in [0.2, 0.25) is 0 Å². The van der Waals surface area contributed by atoms with E-state index in [1.807, 2.05) is 18.2 Å². The molecule has 1 aromatic carbocycles. The normalized spacial score (nSPS) is 37.8. The summed E-state index contributed by atoms with van der Waals surface area (Å²) in [7, 11) is -0.264. The molecule has 3 fully saturated rings. The first-order chi connectivity index (χ1) is 9.34. The highest BCUT2D eigenvalue weighted by atomic mass is 16.8. The van der Waals surface area contributed by atoms with Gasteiger partial charge in [0.1, 0.15) is 5.60 Å². The van der Waals surface area contributed by atoms with Gasteiger partial charge in [-0.1, -0.05) is 30.3 Å². The van der Waals surface area contributed by atoms with E-state index in [0.717, 1.165) is 44.2 Å². The molecule has 0 unspecified atom stereocenters. The number of benzene rings is 1. The molecule has 100 valence electrons. The summed E-state index contributed by atoms with van der Waals surface area (Å²) in [5.74, 6) is -0.482. The Morgan fingerprint density at radius 2 is 1.74 bits per heavy atom. The number of hydrogen-bond acceptors (Lipinski definition) is 3. The minimum absolute atomic E-state index is 0.204. The van der Waals surface area contributed by atoms with Crippen LogP contribution in [-0.4, -0.2) is 25.1 Å². The van der Waals surface area contributed by atoms with Gasteiger partial charge in [0.15, 0.2) is 5.79 Å². The van der Waals surface area contributed by atoms with E-state index in [9.17, 15) is 0 Å². The molecule has 1 aromatic rings. The second-order valence-electron chi connectivity index (χ2n) is 5.88. The van der Waals surface area contributed by atoms with Crippen LogP contribution in [0.25, 0.3) is 0 Å². The minimum Gasteiger partial charge on any atom is -0.396 e. The zero-order valence-corrected chi connectivity index (χ0v) is 11.1. The average Bonchev–Trinajstić information content (AvgIpc) is 2.86. The Morgan fingerprint density at radius 1 is 0.895 bits per heavy atom. The van der Waals surface area contributed by atoms with Crippen LogP contribution in [-0.2, 0) is 14.0 Å². The molecule has 3 nitrogen and oxygen atoms in total. The highest BCUT2D eigenvalue weighted by Crippen LogP contribution is 2.54. The first-order valence-corrected chi connectivity index (χ1v) is 7.38. The summed E-state index contributed by atoms with van der Waals surface area (Å²) in [6.07, 6.45) is 6.53. The highest BCUT2D eigenvalue weighted by Gasteiger charge is 2.66. The second-order valence-corrected chi connectivity index (χ2v) is 5.88. The van der Waals surface area contributed by atoms with Crippen LogP contribution in [0, 0.1) is 0 Å². The van der Waals surface area contributed by atoms with Gasteiger partial charge in [-0.25, -0.2) is 0 Å². The lowest BCUT2D eigenvalue weighted by Gasteiger charge is -2.36. The Kier molecular flexibility index (Phi) is 2.73. The lowest BCUT2D eigenvalue weighted by atomic mass is 9.79. The zero-order chi connectivity index (χ0) is 12.8. The SMILES string of the molecule is c1ccc(B2O[C@@]34CCCCO[C@]3(CCC4)O2)cc1. The van der Waals surface area contributed by atoms with Gasteiger partial charge in [-0.05, 0) is 37.6 Å². The minimum atomic E-state index is -0.482. The van der Waals surface area contributed by atoms with E-state index in [1.165, 1.54) is 6.42 Å². The van der Waals surface area contributed by atoms with E-state index in [-0.39, 0.29) is 12.7 Å². The molecule has 0 N–H and O–H groups in total. The molecule has 3 aliphatic rings. The summed E-state index contributed by atoms with van der Waals surface area (Å²) in [5, 5.41) is 0. The molecule has 2 heterocycles. The van der Waals surface area contributed by atoms with Crippen molar-refractivity contribution in [2.75, 3.05) is 6.61 Å². The van der Waals surface area contributed by atoms with Crippen LogP contribution >= 0.6 is 0 Å². The van der Waals surface area contributed by atoms with Crippen molar-refractivity contribution in [3.63, 3.8) is 0 Å². The van der Waals surface area contributed by atoms with Crippen molar-refractivity contribution in [3.8, 4) is 0 Å². The molecule has 0 aromatic heterocycles. The summed E-state index contributed by atoms with van der Waals surface area (Å²) < 4.78 is 18.8. The van der Waals surface area contributed by atoms with Crippen molar-refractivity contribution in [3.05, 3.63) is 30.3 Å². The van der Waals surface area contributed by atoms with Crippen LogP contribution in [0.1, 0.15) is 38.5 Å². The first kappa shape index (κ1) is 11.9. The Morgan fingerprint density at radius 3 is 2.63 bits per heavy atom. The molecule has 4 heteroatoms.